The van der Waals surface area contributed by atoms with E-state index in [1.165, 1.54) is 0 Å². The van der Waals surface area contributed by atoms with Crippen molar-refractivity contribution in [3.63, 3.8) is 0 Å². The van der Waals surface area contributed by atoms with Gasteiger partial charge in [0.2, 0.25) is 0 Å². The van der Waals surface area contributed by atoms with Gasteiger partial charge in [-0.05, 0) is 12.1 Å². The average Bonchev–Trinajstić information content (AvgIpc) is 2.57. The van der Waals surface area contributed by atoms with Crippen molar-refractivity contribution < 1.29 is 4.42 Å². The zero-order valence-electron chi connectivity index (χ0n) is 7.16. The van der Waals surface area contributed by atoms with Crippen molar-refractivity contribution in [2.24, 2.45) is 5.73 Å². The third-order valence-electron chi connectivity index (χ3n) is 1.71. The molecule has 4 heteroatoms. The predicted molar refractivity (Wildman–Crippen MR) is 51.6 cm³/mol. The first-order chi connectivity index (χ1) is 6.40. The van der Waals surface area contributed by atoms with Crippen LogP contribution in [0.25, 0.3) is 11.1 Å². The molecule has 0 amide bonds. The van der Waals surface area contributed by atoms with Gasteiger partial charge in [0.15, 0.2) is 5.58 Å². The Morgan fingerprint density at radius 1 is 1.38 bits per heavy atom. The number of rotatable bonds is 3. The topological polar surface area (TPSA) is 64.1 Å². The van der Waals surface area contributed by atoms with E-state index in [1.807, 2.05) is 24.3 Å². The van der Waals surface area contributed by atoms with E-state index < -0.39 is 0 Å². The van der Waals surface area contributed by atoms with Gasteiger partial charge in [-0.15, -0.1) is 0 Å². The molecule has 0 aliphatic carbocycles. The molecule has 0 unspecified atom stereocenters. The highest BCUT2D eigenvalue weighted by atomic mass is 16.4. The highest BCUT2D eigenvalue weighted by molar-refractivity contribution is 5.74. The first kappa shape index (κ1) is 8.07. The van der Waals surface area contributed by atoms with Crippen LogP contribution in [-0.2, 0) is 0 Å². The summed E-state index contributed by atoms with van der Waals surface area (Å²) in [4.78, 5) is 4.22. The van der Waals surface area contributed by atoms with Crippen LogP contribution < -0.4 is 11.1 Å². The van der Waals surface area contributed by atoms with Crippen molar-refractivity contribution in [2.45, 2.75) is 0 Å². The second kappa shape index (κ2) is 3.45. The molecule has 0 fully saturated rings. The van der Waals surface area contributed by atoms with E-state index in [1.54, 1.807) is 0 Å². The van der Waals surface area contributed by atoms with Crippen LogP contribution in [0.5, 0.6) is 0 Å². The number of nitrogens with two attached hydrogens (primary N) is 1. The molecule has 0 spiro atoms. The molecule has 13 heavy (non-hydrogen) atoms. The number of oxazole rings is 1. The first-order valence-electron chi connectivity index (χ1n) is 4.19. The van der Waals surface area contributed by atoms with Crippen molar-refractivity contribution in [2.75, 3.05) is 18.4 Å². The molecule has 3 N–H and O–H groups in total. The number of hydrogen-bond donors (Lipinski definition) is 2. The Kier molecular flexibility index (Phi) is 2.14. The van der Waals surface area contributed by atoms with Crippen LogP contribution in [0.1, 0.15) is 0 Å². The molecule has 1 heterocycles. The molecule has 2 aromatic rings. The number of fused-ring (bicyclic) bond motifs is 1. The maximum Gasteiger partial charge on any atom is 0.295 e. The second-order valence-electron chi connectivity index (χ2n) is 2.70. The number of hydrogen-bond acceptors (Lipinski definition) is 4. The van der Waals surface area contributed by atoms with E-state index in [4.69, 9.17) is 10.2 Å². The molecule has 0 bridgehead atoms. The Hall–Kier alpha value is -1.55. The molecule has 0 radical (unpaired) electrons. The van der Waals surface area contributed by atoms with Gasteiger partial charge < -0.3 is 15.5 Å². The SMILES string of the molecule is NCCNc1nc2ccccc2o1. The van der Waals surface area contributed by atoms with Gasteiger partial charge in [0.05, 0.1) is 0 Å². The monoisotopic (exact) mass is 177 g/mol. The number of nitrogens with zero attached hydrogens (tertiary/aromatic N) is 1. The summed E-state index contributed by atoms with van der Waals surface area (Å²) in [5, 5.41) is 2.98. The predicted octanol–water partition coefficient (Wildman–Crippen LogP) is 1.20. The van der Waals surface area contributed by atoms with Crippen LogP contribution >= 0.6 is 0 Å². The molecule has 1 aromatic heterocycles. The van der Waals surface area contributed by atoms with E-state index in [0.29, 0.717) is 19.1 Å². The Balaban J connectivity index is 2.28. The Bertz CT molecular complexity index is 363. The summed E-state index contributed by atoms with van der Waals surface area (Å²) in [6.45, 7) is 1.24. The van der Waals surface area contributed by atoms with E-state index in [9.17, 15) is 0 Å². The first-order valence-corrected chi connectivity index (χ1v) is 4.19. The standard InChI is InChI=1S/C9H11N3O/c10-5-6-11-9-12-7-3-1-2-4-8(7)13-9/h1-4H,5-6,10H2,(H,11,12). The summed E-state index contributed by atoms with van der Waals surface area (Å²) in [6.07, 6.45) is 0. The summed E-state index contributed by atoms with van der Waals surface area (Å²) < 4.78 is 5.39. The van der Waals surface area contributed by atoms with E-state index >= 15 is 0 Å². The molecular formula is C9H11N3O. The van der Waals surface area contributed by atoms with E-state index in [0.717, 1.165) is 11.1 Å². The third kappa shape index (κ3) is 1.62. The summed E-state index contributed by atoms with van der Waals surface area (Å²) in [5.74, 6) is 0. The maximum absolute atomic E-state index is 5.39. The molecule has 4 nitrogen and oxygen atoms in total. The minimum Gasteiger partial charge on any atom is -0.424 e. The van der Waals surface area contributed by atoms with Gasteiger partial charge in [-0.3, -0.25) is 0 Å². The van der Waals surface area contributed by atoms with Gasteiger partial charge in [0, 0.05) is 13.1 Å². The molecule has 0 aliphatic heterocycles. The van der Waals surface area contributed by atoms with Crippen LogP contribution in [0, 0.1) is 0 Å². The fourth-order valence-electron chi connectivity index (χ4n) is 1.13. The Morgan fingerprint density at radius 3 is 3.00 bits per heavy atom. The van der Waals surface area contributed by atoms with Crippen LogP contribution in [0.4, 0.5) is 6.01 Å². The van der Waals surface area contributed by atoms with Gasteiger partial charge in [-0.25, -0.2) is 0 Å². The number of anilines is 1. The number of nitrogens with one attached hydrogen (secondary N) is 1. The summed E-state index contributed by atoms with van der Waals surface area (Å²) in [5.41, 5.74) is 7.00. The second-order valence-corrected chi connectivity index (χ2v) is 2.70. The fraction of sp³-hybridized carbons (Fsp3) is 0.222. The molecule has 0 aliphatic rings. The number of para-hydroxylation sites is 2. The van der Waals surface area contributed by atoms with Crippen molar-refractivity contribution in [3.8, 4) is 0 Å². The Labute approximate surface area is 75.7 Å². The van der Waals surface area contributed by atoms with E-state index in [2.05, 4.69) is 10.3 Å². The lowest BCUT2D eigenvalue weighted by atomic mass is 10.3. The number of benzene rings is 1. The van der Waals surface area contributed by atoms with Crippen LogP contribution in [0.3, 0.4) is 0 Å². The van der Waals surface area contributed by atoms with Crippen molar-refractivity contribution >= 4 is 17.1 Å². The van der Waals surface area contributed by atoms with Gasteiger partial charge in [0.25, 0.3) is 6.01 Å². The molecule has 1 aromatic carbocycles. The number of aromatic nitrogens is 1. The lowest BCUT2D eigenvalue weighted by Crippen LogP contribution is -2.13. The minimum absolute atomic E-state index is 0.534. The van der Waals surface area contributed by atoms with Gasteiger partial charge >= 0.3 is 0 Å². The van der Waals surface area contributed by atoms with Gasteiger partial charge in [0.1, 0.15) is 5.52 Å². The summed E-state index contributed by atoms with van der Waals surface area (Å²) in [6, 6.07) is 8.17. The quantitative estimate of drug-likeness (QED) is 0.739. The molecule has 0 atom stereocenters. The zero-order chi connectivity index (χ0) is 9.10. The summed E-state index contributed by atoms with van der Waals surface area (Å²) in [7, 11) is 0. The van der Waals surface area contributed by atoms with Crippen LogP contribution in [0.2, 0.25) is 0 Å². The minimum atomic E-state index is 0.534. The highest BCUT2D eigenvalue weighted by Gasteiger charge is 2.02. The summed E-state index contributed by atoms with van der Waals surface area (Å²) >= 11 is 0. The maximum atomic E-state index is 5.39. The van der Waals surface area contributed by atoms with Crippen molar-refractivity contribution in [3.05, 3.63) is 24.3 Å². The largest absolute Gasteiger partial charge is 0.424 e. The highest BCUT2D eigenvalue weighted by Crippen LogP contribution is 2.17. The fourth-order valence-corrected chi connectivity index (χ4v) is 1.13. The third-order valence-corrected chi connectivity index (χ3v) is 1.71. The smallest absolute Gasteiger partial charge is 0.295 e. The molecule has 0 saturated carbocycles. The van der Waals surface area contributed by atoms with Crippen LogP contribution in [-0.4, -0.2) is 18.1 Å². The lowest BCUT2D eigenvalue weighted by Gasteiger charge is -1.95. The molecule has 68 valence electrons. The van der Waals surface area contributed by atoms with Crippen LogP contribution in [0.15, 0.2) is 28.7 Å². The Morgan fingerprint density at radius 2 is 2.23 bits per heavy atom. The lowest BCUT2D eigenvalue weighted by molar-refractivity contribution is 0.615. The molecule has 0 saturated heterocycles. The average molecular weight is 177 g/mol. The molecule has 2 rings (SSSR count). The van der Waals surface area contributed by atoms with Crippen molar-refractivity contribution in [1.29, 1.82) is 0 Å². The molecular weight excluding hydrogens is 166 g/mol. The normalized spacial score (nSPS) is 10.5. The zero-order valence-corrected chi connectivity index (χ0v) is 7.16. The van der Waals surface area contributed by atoms with Crippen molar-refractivity contribution in [1.82, 2.24) is 4.98 Å². The van der Waals surface area contributed by atoms with Gasteiger partial charge in [-0.2, -0.15) is 4.98 Å². The van der Waals surface area contributed by atoms with Gasteiger partial charge in [-0.1, -0.05) is 12.1 Å². The van der Waals surface area contributed by atoms with E-state index in [-0.39, 0.29) is 0 Å².